The smallest absolute Gasteiger partial charge is 0.0988 e. The van der Waals surface area contributed by atoms with Gasteiger partial charge in [-0.15, -0.1) is 0 Å². The summed E-state index contributed by atoms with van der Waals surface area (Å²) in [7, 11) is 1.72. The molecule has 1 heteroatoms. The second kappa shape index (κ2) is 5.02. The Morgan fingerprint density at radius 1 is 1.33 bits per heavy atom. The van der Waals surface area contributed by atoms with Crippen LogP contribution >= 0.6 is 0 Å². The molecule has 12 heavy (non-hydrogen) atoms. The fourth-order valence-corrected chi connectivity index (χ4v) is 0.948. The van der Waals surface area contributed by atoms with Crippen LogP contribution in [0.15, 0.2) is 24.0 Å². The van der Waals surface area contributed by atoms with E-state index in [1.807, 2.05) is 13.0 Å². The lowest BCUT2D eigenvalue weighted by atomic mass is 9.95. The van der Waals surface area contributed by atoms with Crippen molar-refractivity contribution in [1.29, 1.82) is 0 Å². The van der Waals surface area contributed by atoms with Gasteiger partial charge in [-0.1, -0.05) is 32.9 Å². The summed E-state index contributed by atoms with van der Waals surface area (Å²) in [6, 6.07) is 0. The van der Waals surface area contributed by atoms with Crippen molar-refractivity contribution in [3.05, 3.63) is 24.0 Å². The molecule has 0 spiro atoms. The third-order valence-corrected chi connectivity index (χ3v) is 2.07. The highest BCUT2D eigenvalue weighted by atomic mass is 16.5. The van der Waals surface area contributed by atoms with E-state index in [4.69, 9.17) is 4.74 Å². The molecule has 0 aliphatic rings. The molecule has 0 radical (unpaired) electrons. The predicted octanol–water partition coefficient (Wildman–Crippen LogP) is 3.38. The van der Waals surface area contributed by atoms with Gasteiger partial charge in [-0.2, -0.15) is 0 Å². The van der Waals surface area contributed by atoms with Gasteiger partial charge in [0, 0.05) is 5.92 Å². The van der Waals surface area contributed by atoms with Crippen molar-refractivity contribution in [2.75, 3.05) is 7.11 Å². The molecule has 0 aromatic carbocycles. The molecule has 0 amide bonds. The second-order valence-electron chi connectivity index (χ2n) is 3.63. The molecule has 0 unspecified atom stereocenters. The first-order valence-corrected chi connectivity index (χ1v) is 4.40. The quantitative estimate of drug-likeness (QED) is 0.462. The molecule has 0 rings (SSSR count). The minimum absolute atomic E-state index is 0.465. The van der Waals surface area contributed by atoms with Crippen LogP contribution in [0.5, 0.6) is 0 Å². The number of allylic oxidation sites excluding steroid dienone is 3. The Bertz CT molecular complexity index is 177. The monoisotopic (exact) mass is 168 g/mol. The van der Waals surface area contributed by atoms with Crippen molar-refractivity contribution in [1.82, 2.24) is 0 Å². The minimum atomic E-state index is 0.465. The lowest BCUT2D eigenvalue weighted by Crippen LogP contribution is -2.08. The van der Waals surface area contributed by atoms with Crippen molar-refractivity contribution in [2.24, 2.45) is 11.8 Å². The van der Waals surface area contributed by atoms with Crippen LogP contribution in [0.2, 0.25) is 0 Å². The molecule has 0 aliphatic heterocycles. The van der Waals surface area contributed by atoms with E-state index in [9.17, 15) is 0 Å². The molecule has 0 aromatic rings. The number of hydrogen-bond donors (Lipinski definition) is 0. The zero-order chi connectivity index (χ0) is 9.72. The predicted molar refractivity (Wildman–Crippen MR) is 53.9 cm³/mol. The molecule has 0 fully saturated rings. The number of rotatable bonds is 4. The summed E-state index contributed by atoms with van der Waals surface area (Å²) in [5.41, 5.74) is 1.04. The standard InChI is InChI=1S/C11H20O/c1-8(2)7-11(12-6)10(5)9(3)4/h7,9-10H,1H2,2-6H3/b11-7-/t10-/m1/s1. The Morgan fingerprint density at radius 2 is 1.83 bits per heavy atom. The van der Waals surface area contributed by atoms with Crippen LogP contribution in [-0.4, -0.2) is 7.11 Å². The lowest BCUT2D eigenvalue weighted by Gasteiger charge is -2.18. The highest BCUT2D eigenvalue weighted by Crippen LogP contribution is 2.21. The third-order valence-electron chi connectivity index (χ3n) is 2.07. The van der Waals surface area contributed by atoms with E-state index < -0.39 is 0 Å². The zero-order valence-corrected chi connectivity index (χ0v) is 8.85. The van der Waals surface area contributed by atoms with E-state index in [1.165, 1.54) is 0 Å². The van der Waals surface area contributed by atoms with Crippen molar-refractivity contribution in [3.63, 3.8) is 0 Å². The molecule has 0 bridgehead atoms. The molecule has 0 N–H and O–H groups in total. The van der Waals surface area contributed by atoms with Crippen molar-refractivity contribution in [3.8, 4) is 0 Å². The van der Waals surface area contributed by atoms with E-state index in [0.717, 1.165) is 11.3 Å². The maximum Gasteiger partial charge on any atom is 0.0988 e. The summed E-state index contributed by atoms with van der Waals surface area (Å²) in [6.45, 7) is 12.4. The molecule has 0 saturated carbocycles. The number of ether oxygens (including phenoxy) is 1. The van der Waals surface area contributed by atoms with E-state index in [1.54, 1.807) is 7.11 Å². The normalized spacial score (nSPS) is 14.7. The summed E-state index contributed by atoms with van der Waals surface area (Å²) in [5, 5.41) is 0. The van der Waals surface area contributed by atoms with Gasteiger partial charge in [-0.3, -0.25) is 0 Å². The summed E-state index contributed by atoms with van der Waals surface area (Å²) in [4.78, 5) is 0. The van der Waals surface area contributed by atoms with Gasteiger partial charge in [-0.05, 0) is 18.9 Å². The van der Waals surface area contributed by atoms with E-state index in [2.05, 4.69) is 27.4 Å². The molecular formula is C11H20O. The molecule has 0 heterocycles. The van der Waals surface area contributed by atoms with Gasteiger partial charge in [0.2, 0.25) is 0 Å². The van der Waals surface area contributed by atoms with Crippen LogP contribution in [0.25, 0.3) is 0 Å². The van der Waals surface area contributed by atoms with Gasteiger partial charge < -0.3 is 4.74 Å². The fraction of sp³-hybridized carbons (Fsp3) is 0.636. The third kappa shape index (κ3) is 3.61. The van der Waals surface area contributed by atoms with Crippen molar-refractivity contribution in [2.45, 2.75) is 27.7 Å². The van der Waals surface area contributed by atoms with E-state index in [0.29, 0.717) is 11.8 Å². The maximum atomic E-state index is 5.28. The Hall–Kier alpha value is -0.720. The van der Waals surface area contributed by atoms with Gasteiger partial charge in [0.25, 0.3) is 0 Å². The van der Waals surface area contributed by atoms with Crippen LogP contribution in [0, 0.1) is 11.8 Å². The van der Waals surface area contributed by atoms with Gasteiger partial charge in [-0.25, -0.2) is 0 Å². The van der Waals surface area contributed by atoms with Crippen LogP contribution in [0.3, 0.4) is 0 Å². The Morgan fingerprint density at radius 3 is 2.08 bits per heavy atom. The highest BCUT2D eigenvalue weighted by Gasteiger charge is 2.12. The summed E-state index contributed by atoms with van der Waals surface area (Å²) < 4.78 is 5.28. The number of methoxy groups -OCH3 is 1. The average Bonchev–Trinajstić information content (AvgIpc) is 1.98. The molecule has 1 nitrogen and oxygen atoms in total. The highest BCUT2D eigenvalue weighted by molar-refractivity contribution is 5.16. The minimum Gasteiger partial charge on any atom is -0.501 e. The van der Waals surface area contributed by atoms with E-state index in [-0.39, 0.29) is 0 Å². The summed E-state index contributed by atoms with van der Waals surface area (Å²) >= 11 is 0. The Kier molecular flexibility index (Phi) is 4.72. The Balaban J connectivity index is 4.44. The van der Waals surface area contributed by atoms with Gasteiger partial charge in [0.05, 0.1) is 12.9 Å². The molecule has 0 aromatic heterocycles. The van der Waals surface area contributed by atoms with E-state index >= 15 is 0 Å². The van der Waals surface area contributed by atoms with Gasteiger partial charge in [0.15, 0.2) is 0 Å². The Labute approximate surface area is 76.1 Å². The largest absolute Gasteiger partial charge is 0.501 e. The topological polar surface area (TPSA) is 9.23 Å². The second-order valence-corrected chi connectivity index (χ2v) is 3.63. The SMILES string of the molecule is C=C(C)/C=C(\OC)[C@H](C)C(C)C. The van der Waals surface area contributed by atoms with Gasteiger partial charge in [0.1, 0.15) is 0 Å². The first kappa shape index (κ1) is 11.3. The van der Waals surface area contributed by atoms with Gasteiger partial charge >= 0.3 is 0 Å². The maximum absolute atomic E-state index is 5.28. The van der Waals surface area contributed by atoms with Crippen molar-refractivity contribution >= 4 is 0 Å². The number of hydrogen-bond acceptors (Lipinski definition) is 1. The summed E-state index contributed by atoms with van der Waals surface area (Å²) in [5.74, 6) is 2.10. The first-order chi connectivity index (χ1) is 5.49. The fourth-order valence-electron chi connectivity index (χ4n) is 0.948. The summed E-state index contributed by atoms with van der Waals surface area (Å²) in [6.07, 6.45) is 2.00. The van der Waals surface area contributed by atoms with Crippen molar-refractivity contribution < 1.29 is 4.74 Å². The molecular weight excluding hydrogens is 148 g/mol. The van der Waals surface area contributed by atoms with Crippen LogP contribution in [-0.2, 0) is 4.74 Å². The van der Waals surface area contributed by atoms with Crippen LogP contribution < -0.4 is 0 Å². The van der Waals surface area contributed by atoms with Crippen LogP contribution in [0.4, 0.5) is 0 Å². The van der Waals surface area contributed by atoms with Crippen LogP contribution in [0.1, 0.15) is 27.7 Å². The average molecular weight is 168 g/mol. The molecule has 0 aliphatic carbocycles. The molecule has 70 valence electrons. The molecule has 0 saturated heterocycles. The first-order valence-electron chi connectivity index (χ1n) is 4.40. The molecule has 1 atom stereocenters. The lowest BCUT2D eigenvalue weighted by molar-refractivity contribution is 0.223. The zero-order valence-electron chi connectivity index (χ0n) is 8.85.